The van der Waals surface area contributed by atoms with Crippen LogP contribution in [0.5, 0.6) is 0 Å². The van der Waals surface area contributed by atoms with Gasteiger partial charge < -0.3 is 15.1 Å². The van der Waals surface area contributed by atoms with Crippen molar-refractivity contribution in [2.24, 2.45) is 0 Å². The molecular formula is C18H31N3. The maximum atomic E-state index is 3.61. The second-order valence-electron chi connectivity index (χ2n) is 6.23. The standard InChI is InChI=1S/C18H31N3/c1-5-17(19-6-2)16-11-7-8-12-18(16)21(4)14-15-10-9-13-20(15)3/h7-8,11-12,15,17,19H,5-6,9-10,13-14H2,1-4H3. The predicted molar refractivity (Wildman–Crippen MR) is 92.1 cm³/mol. The predicted octanol–water partition coefficient (Wildman–Crippen LogP) is 3.28. The van der Waals surface area contributed by atoms with Crippen molar-refractivity contribution in [3.05, 3.63) is 29.8 Å². The maximum Gasteiger partial charge on any atom is 0.0412 e. The van der Waals surface area contributed by atoms with E-state index in [1.165, 1.54) is 30.6 Å². The van der Waals surface area contributed by atoms with Gasteiger partial charge in [0, 0.05) is 31.4 Å². The van der Waals surface area contributed by atoms with Crippen molar-refractivity contribution >= 4 is 5.69 Å². The third kappa shape index (κ3) is 3.98. The molecule has 0 aliphatic carbocycles. The molecule has 3 heteroatoms. The number of likely N-dealkylation sites (tertiary alicyclic amines) is 1. The van der Waals surface area contributed by atoms with E-state index < -0.39 is 0 Å². The topological polar surface area (TPSA) is 18.5 Å². The first-order valence-corrected chi connectivity index (χ1v) is 8.41. The van der Waals surface area contributed by atoms with E-state index in [-0.39, 0.29) is 0 Å². The second-order valence-corrected chi connectivity index (χ2v) is 6.23. The fraction of sp³-hybridized carbons (Fsp3) is 0.667. The third-order valence-electron chi connectivity index (χ3n) is 4.74. The lowest BCUT2D eigenvalue weighted by molar-refractivity contribution is 0.314. The first kappa shape index (κ1) is 16.3. The summed E-state index contributed by atoms with van der Waals surface area (Å²) in [6.45, 7) is 7.82. The Morgan fingerprint density at radius 2 is 2.10 bits per heavy atom. The first-order valence-electron chi connectivity index (χ1n) is 8.41. The van der Waals surface area contributed by atoms with Gasteiger partial charge in [-0.1, -0.05) is 32.0 Å². The van der Waals surface area contributed by atoms with Crippen molar-refractivity contribution in [2.45, 2.75) is 45.2 Å². The molecule has 0 spiro atoms. The number of benzene rings is 1. The summed E-state index contributed by atoms with van der Waals surface area (Å²) in [4.78, 5) is 4.95. The quantitative estimate of drug-likeness (QED) is 0.831. The van der Waals surface area contributed by atoms with Gasteiger partial charge in [-0.05, 0) is 51.0 Å². The van der Waals surface area contributed by atoms with Crippen LogP contribution >= 0.6 is 0 Å². The number of para-hydroxylation sites is 1. The number of hydrogen-bond acceptors (Lipinski definition) is 3. The maximum absolute atomic E-state index is 3.61. The second kappa shape index (κ2) is 7.81. The fourth-order valence-electron chi connectivity index (χ4n) is 3.47. The highest BCUT2D eigenvalue weighted by atomic mass is 15.2. The van der Waals surface area contributed by atoms with Crippen LogP contribution in [-0.4, -0.2) is 44.7 Å². The molecule has 21 heavy (non-hydrogen) atoms. The summed E-state index contributed by atoms with van der Waals surface area (Å²) in [6.07, 6.45) is 3.79. The van der Waals surface area contributed by atoms with Crippen LogP contribution in [0.3, 0.4) is 0 Å². The van der Waals surface area contributed by atoms with Crippen molar-refractivity contribution in [2.75, 3.05) is 38.6 Å². The zero-order valence-electron chi connectivity index (χ0n) is 14.1. The molecule has 1 aromatic rings. The molecule has 1 saturated heterocycles. The number of nitrogens with one attached hydrogen (secondary N) is 1. The highest BCUT2D eigenvalue weighted by Crippen LogP contribution is 2.28. The van der Waals surface area contributed by atoms with Gasteiger partial charge in [-0.3, -0.25) is 0 Å². The van der Waals surface area contributed by atoms with Crippen LogP contribution in [0.1, 0.15) is 44.7 Å². The molecule has 3 nitrogen and oxygen atoms in total. The molecule has 118 valence electrons. The van der Waals surface area contributed by atoms with Gasteiger partial charge in [-0.2, -0.15) is 0 Å². The summed E-state index contributed by atoms with van der Waals surface area (Å²) in [5.74, 6) is 0. The fourth-order valence-corrected chi connectivity index (χ4v) is 3.47. The van der Waals surface area contributed by atoms with E-state index in [2.05, 4.69) is 67.3 Å². The zero-order valence-corrected chi connectivity index (χ0v) is 14.1. The molecule has 2 rings (SSSR count). The monoisotopic (exact) mass is 289 g/mol. The Labute approximate surface area is 130 Å². The van der Waals surface area contributed by atoms with E-state index in [1.807, 2.05) is 0 Å². The first-order chi connectivity index (χ1) is 10.2. The number of nitrogens with zero attached hydrogens (tertiary/aromatic N) is 2. The van der Waals surface area contributed by atoms with Gasteiger partial charge in [-0.25, -0.2) is 0 Å². The normalized spacial score (nSPS) is 20.7. The summed E-state index contributed by atoms with van der Waals surface area (Å²) in [5, 5.41) is 3.61. The number of likely N-dealkylation sites (N-methyl/N-ethyl adjacent to an activating group) is 2. The average molecular weight is 289 g/mol. The molecule has 1 aromatic carbocycles. The van der Waals surface area contributed by atoms with Crippen molar-refractivity contribution < 1.29 is 0 Å². The molecule has 0 aromatic heterocycles. The Morgan fingerprint density at radius 3 is 2.71 bits per heavy atom. The number of anilines is 1. The smallest absolute Gasteiger partial charge is 0.0412 e. The van der Waals surface area contributed by atoms with E-state index in [1.54, 1.807) is 0 Å². The van der Waals surface area contributed by atoms with E-state index in [9.17, 15) is 0 Å². The van der Waals surface area contributed by atoms with E-state index in [0.29, 0.717) is 12.1 Å². The SMILES string of the molecule is CCNC(CC)c1ccccc1N(C)CC1CCCN1C. The molecule has 2 atom stereocenters. The zero-order chi connectivity index (χ0) is 15.2. The molecule has 0 bridgehead atoms. The number of hydrogen-bond donors (Lipinski definition) is 1. The van der Waals surface area contributed by atoms with Gasteiger partial charge in [0.25, 0.3) is 0 Å². The molecule has 1 aliphatic rings. The molecule has 1 heterocycles. The Balaban J connectivity index is 2.14. The van der Waals surface area contributed by atoms with Crippen LogP contribution in [0.15, 0.2) is 24.3 Å². The number of rotatable bonds is 7. The Hall–Kier alpha value is -1.06. The van der Waals surface area contributed by atoms with Crippen molar-refractivity contribution in [1.29, 1.82) is 0 Å². The molecular weight excluding hydrogens is 258 g/mol. The Bertz CT molecular complexity index is 432. The lowest BCUT2D eigenvalue weighted by Gasteiger charge is -2.30. The van der Waals surface area contributed by atoms with Gasteiger partial charge in [0.05, 0.1) is 0 Å². The lowest BCUT2D eigenvalue weighted by Crippen LogP contribution is -2.37. The summed E-state index contributed by atoms with van der Waals surface area (Å²) in [7, 11) is 4.49. The van der Waals surface area contributed by atoms with E-state index >= 15 is 0 Å². The molecule has 0 amide bonds. The summed E-state index contributed by atoms with van der Waals surface area (Å²) in [5.41, 5.74) is 2.82. The lowest BCUT2D eigenvalue weighted by atomic mass is 10.0. The van der Waals surface area contributed by atoms with Crippen LogP contribution in [0.4, 0.5) is 5.69 Å². The van der Waals surface area contributed by atoms with Gasteiger partial charge in [-0.15, -0.1) is 0 Å². The van der Waals surface area contributed by atoms with Crippen molar-refractivity contribution in [3.63, 3.8) is 0 Å². The van der Waals surface area contributed by atoms with Crippen LogP contribution < -0.4 is 10.2 Å². The van der Waals surface area contributed by atoms with Crippen LogP contribution in [0, 0.1) is 0 Å². The van der Waals surface area contributed by atoms with Crippen LogP contribution in [0.25, 0.3) is 0 Å². The van der Waals surface area contributed by atoms with Gasteiger partial charge in [0.15, 0.2) is 0 Å². The minimum atomic E-state index is 0.454. The minimum absolute atomic E-state index is 0.454. The highest BCUT2D eigenvalue weighted by Gasteiger charge is 2.23. The van der Waals surface area contributed by atoms with Crippen molar-refractivity contribution in [1.82, 2.24) is 10.2 Å². The van der Waals surface area contributed by atoms with E-state index in [0.717, 1.165) is 19.5 Å². The van der Waals surface area contributed by atoms with Gasteiger partial charge in [0.1, 0.15) is 0 Å². The molecule has 0 saturated carbocycles. The summed E-state index contributed by atoms with van der Waals surface area (Å²) >= 11 is 0. The average Bonchev–Trinajstić information content (AvgIpc) is 2.90. The Morgan fingerprint density at radius 1 is 1.33 bits per heavy atom. The van der Waals surface area contributed by atoms with Gasteiger partial charge >= 0.3 is 0 Å². The third-order valence-corrected chi connectivity index (χ3v) is 4.74. The van der Waals surface area contributed by atoms with Crippen molar-refractivity contribution in [3.8, 4) is 0 Å². The minimum Gasteiger partial charge on any atom is -0.373 e. The molecule has 1 N–H and O–H groups in total. The highest BCUT2D eigenvalue weighted by molar-refractivity contribution is 5.54. The Kier molecular flexibility index (Phi) is 6.07. The van der Waals surface area contributed by atoms with E-state index in [4.69, 9.17) is 0 Å². The molecule has 1 aliphatic heterocycles. The molecule has 0 radical (unpaired) electrons. The van der Waals surface area contributed by atoms with Gasteiger partial charge in [0.2, 0.25) is 0 Å². The largest absolute Gasteiger partial charge is 0.373 e. The van der Waals surface area contributed by atoms with Crippen LogP contribution in [0.2, 0.25) is 0 Å². The molecule has 2 unspecified atom stereocenters. The van der Waals surface area contributed by atoms with Crippen LogP contribution in [-0.2, 0) is 0 Å². The molecule has 1 fully saturated rings. The summed E-state index contributed by atoms with van der Waals surface area (Å²) < 4.78 is 0. The summed E-state index contributed by atoms with van der Waals surface area (Å²) in [6, 6.07) is 10.0.